The molecule has 1 aliphatic rings. The summed E-state index contributed by atoms with van der Waals surface area (Å²) in [6.07, 6.45) is 0. The van der Waals surface area contributed by atoms with Crippen molar-refractivity contribution in [1.82, 2.24) is 19.7 Å². The van der Waals surface area contributed by atoms with Crippen LogP contribution in [0.2, 0.25) is 5.02 Å². The van der Waals surface area contributed by atoms with Crippen molar-refractivity contribution >= 4 is 17.3 Å². The van der Waals surface area contributed by atoms with Crippen molar-refractivity contribution in [1.29, 1.82) is 0 Å². The summed E-state index contributed by atoms with van der Waals surface area (Å²) in [4.78, 5) is 6.87. The zero-order valence-electron chi connectivity index (χ0n) is 15.3. The minimum Gasteiger partial charge on any atom is -0.462 e. The van der Waals surface area contributed by atoms with E-state index in [2.05, 4.69) is 15.1 Å². The van der Waals surface area contributed by atoms with Crippen LogP contribution in [0.25, 0.3) is 5.69 Å². The van der Waals surface area contributed by atoms with E-state index in [-0.39, 0.29) is 0 Å². The predicted octanol–water partition coefficient (Wildman–Crippen LogP) is 3.21. The minimum atomic E-state index is 0.417. The third-order valence-electron chi connectivity index (χ3n) is 4.35. The van der Waals surface area contributed by atoms with Gasteiger partial charge in [0.1, 0.15) is 13.2 Å². The number of hydrogen-bond acceptors (Lipinski definition) is 5. The highest BCUT2D eigenvalue weighted by Crippen LogP contribution is 2.30. The molecule has 0 spiro atoms. The Kier molecular flexibility index (Phi) is 4.92. The number of benzene rings is 2. The highest BCUT2D eigenvalue weighted by Gasteiger charge is 2.24. The number of aromatic nitrogens is 3. The molecular formula is C20H20ClN5O. The van der Waals surface area contributed by atoms with Crippen molar-refractivity contribution in [2.24, 2.45) is 4.99 Å². The number of likely N-dealkylation sites (N-methyl/N-ethyl adjacent to an activating group) is 1. The summed E-state index contributed by atoms with van der Waals surface area (Å²) in [5.74, 6) is 0.740. The molecule has 2 heterocycles. The fraction of sp³-hybridized carbons (Fsp3) is 0.250. The minimum absolute atomic E-state index is 0.417. The molecule has 1 aromatic heterocycles. The standard InChI is InChI=1S/C20H20ClN5O/c1-25(2)10-11-27-20-24-23-18-13-22-19(14-6-4-3-5-7-14)16-12-15(21)8-9-17(16)26(18)20/h3-9,12H,10-11,13H2,1-2H3. The van der Waals surface area contributed by atoms with Crippen molar-refractivity contribution in [2.45, 2.75) is 6.54 Å². The lowest BCUT2D eigenvalue weighted by Crippen LogP contribution is -2.20. The summed E-state index contributed by atoms with van der Waals surface area (Å²) in [6, 6.07) is 16.3. The number of nitrogens with zero attached hydrogens (tertiary/aromatic N) is 5. The van der Waals surface area contributed by atoms with Crippen molar-refractivity contribution in [3.63, 3.8) is 0 Å². The molecule has 2 aromatic carbocycles. The van der Waals surface area contributed by atoms with Crippen LogP contribution in [0.3, 0.4) is 0 Å². The Bertz CT molecular complexity index is 981. The summed E-state index contributed by atoms with van der Waals surface area (Å²) in [5, 5.41) is 9.18. The van der Waals surface area contributed by atoms with E-state index in [1.54, 1.807) is 0 Å². The SMILES string of the molecule is CN(C)CCOc1nnc2n1-c1ccc(Cl)cc1C(c1ccccc1)=NC2. The second-order valence-corrected chi connectivity index (χ2v) is 7.01. The van der Waals surface area contributed by atoms with Crippen molar-refractivity contribution in [2.75, 3.05) is 27.2 Å². The molecule has 6 nitrogen and oxygen atoms in total. The number of halogens is 1. The smallest absolute Gasteiger partial charge is 0.321 e. The molecule has 27 heavy (non-hydrogen) atoms. The topological polar surface area (TPSA) is 55.5 Å². The van der Waals surface area contributed by atoms with Gasteiger partial charge >= 0.3 is 6.01 Å². The van der Waals surface area contributed by atoms with Gasteiger partial charge in [-0.05, 0) is 32.3 Å². The summed E-state index contributed by atoms with van der Waals surface area (Å²) >= 11 is 6.31. The molecule has 138 valence electrons. The van der Waals surface area contributed by atoms with E-state index in [1.807, 2.05) is 67.2 Å². The Labute approximate surface area is 163 Å². The zero-order valence-corrected chi connectivity index (χ0v) is 16.0. The van der Waals surface area contributed by atoms with Gasteiger partial charge in [0, 0.05) is 22.7 Å². The van der Waals surface area contributed by atoms with Crippen molar-refractivity contribution in [3.8, 4) is 11.7 Å². The highest BCUT2D eigenvalue weighted by molar-refractivity contribution is 6.31. The summed E-state index contributed by atoms with van der Waals surface area (Å²) < 4.78 is 7.83. The number of ether oxygens (including phenoxy) is 1. The van der Waals surface area contributed by atoms with Crippen LogP contribution in [0.1, 0.15) is 17.0 Å². The van der Waals surface area contributed by atoms with Crippen LogP contribution in [-0.2, 0) is 6.54 Å². The molecule has 0 amide bonds. The van der Waals surface area contributed by atoms with Gasteiger partial charge in [0.15, 0.2) is 5.82 Å². The second-order valence-electron chi connectivity index (χ2n) is 6.58. The Hall–Kier alpha value is -2.70. The fourth-order valence-electron chi connectivity index (χ4n) is 3.03. The van der Waals surface area contributed by atoms with Gasteiger partial charge in [0.2, 0.25) is 0 Å². The van der Waals surface area contributed by atoms with E-state index in [0.29, 0.717) is 24.2 Å². The van der Waals surface area contributed by atoms with Gasteiger partial charge in [-0.25, -0.2) is 4.57 Å². The van der Waals surface area contributed by atoms with E-state index in [0.717, 1.165) is 34.9 Å². The van der Waals surface area contributed by atoms with Crippen LogP contribution in [0.15, 0.2) is 53.5 Å². The molecule has 0 aliphatic carbocycles. The fourth-order valence-corrected chi connectivity index (χ4v) is 3.20. The van der Waals surface area contributed by atoms with Gasteiger partial charge < -0.3 is 9.64 Å². The van der Waals surface area contributed by atoms with Gasteiger partial charge in [-0.2, -0.15) is 0 Å². The Morgan fingerprint density at radius 2 is 1.93 bits per heavy atom. The normalized spacial score (nSPS) is 13.0. The monoisotopic (exact) mass is 381 g/mol. The molecule has 0 N–H and O–H groups in total. The molecule has 0 radical (unpaired) electrons. The first kappa shape index (κ1) is 17.7. The van der Waals surface area contributed by atoms with Crippen molar-refractivity contribution in [3.05, 3.63) is 70.5 Å². The predicted molar refractivity (Wildman–Crippen MR) is 106 cm³/mol. The van der Waals surface area contributed by atoms with Crippen LogP contribution in [-0.4, -0.2) is 52.6 Å². The van der Waals surface area contributed by atoms with E-state index < -0.39 is 0 Å². The molecule has 7 heteroatoms. The van der Waals surface area contributed by atoms with Crippen LogP contribution < -0.4 is 4.74 Å². The molecule has 4 rings (SSSR count). The molecule has 3 aromatic rings. The number of rotatable bonds is 5. The first-order valence-electron chi connectivity index (χ1n) is 8.75. The number of fused-ring (bicyclic) bond motifs is 3. The van der Waals surface area contributed by atoms with Crippen LogP contribution in [0.4, 0.5) is 0 Å². The summed E-state index contributed by atoms with van der Waals surface area (Å²) in [5.41, 5.74) is 3.77. The molecular weight excluding hydrogens is 362 g/mol. The van der Waals surface area contributed by atoms with Gasteiger partial charge in [-0.15, -0.1) is 5.10 Å². The van der Waals surface area contributed by atoms with Gasteiger partial charge in [0.25, 0.3) is 0 Å². The van der Waals surface area contributed by atoms with E-state index in [1.165, 1.54) is 0 Å². The van der Waals surface area contributed by atoms with E-state index >= 15 is 0 Å². The third kappa shape index (κ3) is 3.59. The lowest BCUT2D eigenvalue weighted by Gasteiger charge is -2.15. The molecule has 0 saturated heterocycles. The average Bonchev–Trinajstić information content (AvgIpc) is 2.98. The quantitative estimate of drug-likeness (QED) is 0.681. The summed E-state index contributed by atoms with van der Waals surface area (Å²) in [7, 11) is 4.01. The highest BCUT2D eigenvalue weighted by atomic mass is 35.5. The van der Waals surface area contributed by atoms with Crippen molar-refractivity contribution < 1.29 is 4.74 Å². The summed E-state index contributed by atoms with van der Waals surface area (Å²) in [6.45, 7) is 1.74. The first-order valence-corrected chi connectivity index (χ1v) is 9.13. The Balaban J connectivity index is 1.80. The number of aliphatic imine (C=N–C) groups is 1. The van der Waals surface area contributed by atoms with Gasteiger partial charge in [0.05, 0.1) is 11.4 Å². The lowest BCUT2D eigenvalue weighted by atomic mass is 10.0. The second kappa shape index (κ2) is 7.50. The van der Waals surface area contributed by atoms with Gasteiger partial charge in [-0.1, -0.05) is 47.0 Å². The Morgan fingerprint density at radius 3 is 2.70 bits per heavy atom. The molecule has 0 saturated carbocycles. The largest absolute Gasteiger partial charge is 0.462 e. The Morgan fingerprint density at radius 1 is 1.11 bits per heavy atom. The maximum absolute atomic E-state index is 6.31. The van der Waals surface area contributed by atoms with E-state index in [9.17, 15) is 0 Å². The van der Waals surface area contributed by atoms with Crippen LogP contribution >= 0.6 is 11.6 Å². The maximum Gasteiger partial charge on any atom is 0.321 e. The first-order chi connectivity index (χ1) is 13.1. The van der Waals surface area contributed by atoms with E-state index in [4.69, 9.17) is 21.3 Å². The van der Waals surface area contributed by atoms with Crippen LogP contribution in [0, 0.1) is 0 Å². The van der Waals surface area contributed by atoms with Gasteiger partial charge in [-0.3, -0.25) is 4.99 Å². The molecule has 0 unspecified atom stereocenters. The zero-order chi connectivity index (χ0) is 18.8. The maximum atomic E-state index is 6.31. The van der Waals surface area contributed by atoms with Crippen LogP contribution in [0.5, 0.6) is 6.01 Å². The molecule has 1 aliphatic heterocycles. The average molecular weight is 382 g/mol. The molecule has 0 atom stereocenters. The lowest BCUT2D eigenvalue weighted by molar-refractivity contribution is 0.241. The molecule has 0 bridgehead atoms. The number of hydrogen-bond donors (Lipinski definition) is 0. The third-order valence-corrected chi connectivity index (χ3v) is 4.59. The molecule has 0 fully saturated rings.